The Balaban J connectivity index is 1.89. The lowest BCUT2D eigenvalue weighted by molar-refractivity contribution is -0.126. The van der Waals surface area contributed by atoms with E-state index in [0.717, 1.165) is 35.7 Å². The monoisotopic (exact) mass is 324 g/mol. The molecule has 3 N–H and O–H groups in total. The number of nitrogens with two attached hydrogens (primary N) is 1. The van der Waals surface area contributed by atoms with E-state index in [2.05, 4.69) is 21.2 Å². The molecule has 0 bridgehead atoms. The Morgan fingerprint density at radius 3 is 2.42 bits per heavy atom. The predicted molar refractivity (Wildman–Crippen MR) is 80.6 cm³/mol. The highest BCUT2D eigenvalue weighted by molar-refractivity contribution is 9.10. The Labute approximate surface area is 123 Å². The maximum absolute atomic E-state index is 12.2. The molecule has 1 aromatic rings. The van der Waals surface area contributed by atoms with Crippen LogP contribution in [0.4, 0.5) is 0 Å². The summed E-state index contributed by atoms with van der Waals surface area (Å²) < 4.78 is 1.05. The van der Waals surface area contributed by atoms with Crippen LogP contribution in [0.1, 0.15) is 44.2 Å². The van der Waals surface area contributed by atoms with Gasteiger partial charge in [0.2, 0.25) is 5.91 Å². The average molecular weight is 325 g/mol. The number of hydrogen-bond acceptors (Lipinski definition) is 2. The van der Waals surface area contributed by atoms with Crippen molar-refractivity contribution < 1.29 is 4.79 Å². The molecule has 1 fully saturated rings. The predicted octanol–water partition coefficient (Wildman–Crippen LogP) is 3.14. The molecule has 4 heteroatoms. The van der Waals surface area contributed by atoms with Crippen LogP contribution in [-0.2, 0) is 4.79 Å². The maximum Gasteiger partial charge on any atom is 0.223 e. The second-order valence-electron chi connectivity index (χ2n) is 5.39. The summed E-state index contributed by atoms with van der Waals surface area (Å²) in [5.74, 6) is 0.306. The second-order valence-corrected chi connectivity index (χ2v) is 6.31. The lowest BCUT2D eigenvalue weighted by atomic mass is 9.85. The fourth-order valence-corrected chi connectivity index (χ4v) is 2.81. The van der Waals surface area contributed by atoms with Crippen LogP contribution >= 0.6 is 15.9 Å². The topological polar surface area (TPSA) is 55.1 Å². The van der Waals surface area contributed by atoms with Crippen molar-refractivity contribution in [2.24, 2.45) is 11.7 Å². The molecule has 0 spiro atoms. The first-order valence-corrected chi connectivity index (χ1v) is 7.67. The van der Waals surface area contributed by atoms with E-state index in [1.165, 1.54) is 0 Å². The van der Waals surface area contributed by atoms with Crippen LogP contribution in [0.15, 0.2) is 28.7 Å². The van der Waals surface area contributed by atoms with Crippen LogP contribution in [0.2, 0.25) is 0 Å². The Hall–Kier alpha value is -0.870. The normalized spacial score (nSPS) is 24.8. The molecular weight excluding hydrogens is 304 g/mol. The lowest BCUT2D eigenvalue weighted by Crippen LogP contribution is -2.37. The molecule has 1 aromatic carbocycles. The number of hydrogen-bond donors (Lipinski definition) is 2. The fourth-order valence-electron chi connectivity index (χ4n) is 2.55. The number of carbonyl (C=O) groups is 1. The smallest absolute Gasteiger partial charge is 0.223 e. The molecular formula is C15H21BrN2O. The Morgan fingerprint density at radius 2 is 1.84 bits per heavy atom. The van der Waals surface area contributed by atoms with Crippen molar-refractivity contribution in [1.82, 2.24) is 5.32 Å². The molecule has 1 aliphatic rings. The lowest BCUT2D eigenvalue weighted by Gasteiger charge is -2.26. The van der Waals surface area contributed by atoms with Gasteiger partial charge in [-0.3, -0.25) is 4.79 Å². The standard InChI is InChI=1S/C15H21BrN2O/c1-10(11-2-6-13(16)7-3-11)18-15(19)12-4-8-14(17)9-5-12/h2-3,6-7,10,12,14H,4-5,8-9,17H2,1H3,(H,18,19)/t10-,12?,14?/m0/s1. The number of rotatable bonds is 3. The highest BCUT2D eigenvalue weighted by Crippen LogP contribution is 2.24. The number of amides is 1. The summed E-state index contributed by atoms with van der Waals surface area (Å²) in [7, 11) is 0. The van der Waals surface area contributed by atoms with Crippen LogP contribution in [0.25, 0.3) is 0 Å². The summed E-state index contributed by atoms with van der Waals surface area (Å²) in [4.78, 5) is 12.2. The third kappa shape index (κ3) is 4.05. The van der Waals surface area contributed by atoms with Crippen LogP contribution < -0.4 is 11.1 Å². The summed E-state index contributed by atoms with van der Waals surface area (Å²) >= 11 is 3.41. The third-order valence-electron chi connectivity index (χ3n) is 3.87. The van der Waals surface area contributed by atoms with Gasteiger partial charge in [0.15, 0.2) is 0 Å². The molecule has 1 amide bonds. The van der Waals surface area contributed by atoms with Crippen molar-refractivity contribution in [3.05, 3.63) is 34.3 Å². The molecule has 0 aromatic heterocycles. The van der Waals surface area contributed by atoms with Gasteiger partial charge in [-0.1, -0.05) is 28.1 Å². The van der Waals surface area contributed by atoms with Gasteiger partial charge in [0, 0.05) is 16.4 Å². The number of carbonyl (C=O) groups excluding carboxylic acids is 1. The van der Waals surface area contributed by atoms with E-state index in [1.54, 1.807) is 0 Å². The molecule has 19 heavy (non-hydrogen) atoms. The number of benzene rings is 1. The van der Waals surface area contributed by atoms with Gasteiger partial charge in [-0.2, -0.15) is 0 Å². The maximum atomic E-state index is 12.2. The summed E-state index contributed by atoms with van der Waals surface area (Å²) in [5.41, 5.74) is 7.00. The molecule has 104 valence electrons. The Kier molecular flexibility index (Phi) is 4.99. The van der Waals surface area contributed by atoms with Gasteiger partial charge in [0.1, 0.15) is 0 Å². The summed E-state index contributed by atoms with van der Waals surface area (Å²) in [6, 6.07) is 8.40. The van der Waals surface area contributed by atoms with Gasteiger partial charge in [-0.15, -0.1) is 0 Å². The molecule has 0 saturated heterocycles. The Bertz CT molecular complexity index is 424. The minimum Gasteiger partial charge on any atom is -0.349 e. The van der Waals surface area contributed by atoms with E-state index in [4.69, 9.17) is 5.73 Å². The highest BCUT2D eigenvalue weighted by Gasteiger charge is 2.25. The van der Waals surface area contributed by atoms with Crippen molar-refractivity contribution >= 4 is 21.8 Å². The van der Waals surface area contributed by atoms with E-state index < -0.39 is 0 Å². The van der Waals surface area contributed by atoms with Crippen LogP contribution in [-0.4, -0.2) is 11.9 Å². The van der Waals surface area contributed by atoms with Crippen molar-refractivity contribution in [3.63, 3.8) is 0 Å². The summed E-state index contributed by atoms with van der Waals surface area (Å²) in [5, 5.41) is 3.11. The van der Waals surface area contributed by atoms with E-state index in [0.29, 0.717) is 0 Å². The van der Waals surface area contributed by atoms with Gasteiger partial charge in [0.05, 0.1) is 6.04 Å². The molecule has 0 heterocycles. The largest absolute Gasteiger partial charge is 0.349 e. The van der Waals surface area contributed by atoms with Gasteiger partial charge in [-0.25, -0.2) is 0 Å². The molecule has 3 nitrogen and oxygen atoms in total. The van der Waals surface area contributed by atoms with E-state index in [-0.39, 0.29) is 23.9 Å². The Morgan fingerprint density at radius 1 is 1.26 bits per heavy atom. The molecule has 1 saturated carbocycles. The average Bonchev–Trinajstić information content (AvgIpc) is 2.40. The minimum atomic E-state index is 0.0520. The van der Waals surface area contributed by atoms with Gasteiger partial charge in [0.25, 0.3) is 0 Å². The number of nitrogens with one attached hydrogen (secondary N) is 1. The minimum absolute atomic E-state index is 0.0520. The van der Waals surface area contributed by atoms with E-state index >= 15 is 0 Å². The summed E-state index contributed by atoms with van der Waals surface area (Å²) in [6.07, 6.45) is 3.76. The quantitative estimate of drug-likeness (QED) is 0.897. The van der Waals surface area contributed by atoms with Gasteiger partial charge < -0.3 is 11.1 Å². The van der Waals surface area contributed by atoms with Crippen molar-refractivity contribution in [3.8, 4) is 0 Å². The highest BCUT2D eigenvalue weighted by atomic mass is 79.9. The molecule has 1 atom stereocenters. The van der Waals surface area contributed by atoms with E-state index in [9.17, 15) is 4.79 Å². The zero-order valence-electron chi connectivity index (χ0n) is 11.2. The first-order valence-electron chi connectivity index (χ1n) is 6.87. The molecule has 0 radical (unpaired) electrons. The molecule has 2 rings (SSSR count). The molecule has 0 unspecified atom stereocenters. The zero-order chi connectivity index (χ0) is 13.8. The summed E-state index contributed by atoms with van der Waals surface area (Å²) in [6.45, 7) is 2.02. The SMILES string of the molecule is C[C@H](NC(=O)C1CCC(N)CC1)c1ccc(Br)cc1. The van der Waals surface area contributed by atoms with Gasteiger partial charge in [-0.05, 0) is 50.3 Å². The van der Waals surface area contributed by atoms with Crippen LogP contribution in [0, 0.1) is 5.92 Å². The molecule has 1 aliphatic carbocycles. The first kappa shape index (κ1) is 14.5. The van der Waals surface area contributed by atoms with Crippen molar-refractivity contribution in [2.45, 2.75) is 44.7 Å². The van der Waals surface area contributed by atoms with Crippen LogP contribution in [0.5, 0.6) is 0 Å². The zero-order valence-corrected chi connectivity index (χ0v) is 12.8. The third-order valence-corrected chi connectivity index (χ3v) is 4.40. The number of halogens is 1. The van der Waals surface area contributed by atoms with Crippen molar-refractivity contribution in [2.75, 3.05) is 0 Å². The van der Waals surface area contributed by atoms with E-state index in [1.807, 2.05) is 31.2 Å². The van der Waals surface area contributed by atoms with Crippen LogP contribution in [0.3, 0.4) is 0 Å². The molecule has 0 aliphatic heterocycles. The first-order chi connectivity index (χ1) is 9.06. The van der Waals surface area contributed by atoms with Gasteiger partial charge >= 0.3 is 0 Å². The second kappa shape index (κ2) is 6.53. The van der Waals surface area contributed by atoms with Crippen molar-refractivity contribution in [1.29, 1.82) is 0 Å². The fraction of sp³-hybridized carbons (Fsp3) is 0.533.